The van der Waals surface area contributed by atoms with E-state index in [2.05, 4.69) is 45.4 Å². The Morgan fingerprint density at radius 2 is 1.89 bits per heavy atom. The maximum Gasteiger partial charge on any atom is 0.439 e. The Labute approximate surface area is 220 Å². The Morgan fingerprint density at radius 1 is 1.08 bits per heavy atom. The van der Waals surface area contributed by atoms with Gasteiger partial charge >= 0.3 is 5.76 Å². The minimum Gasteiger partial charge on any atom is -0.339 e. The van der Waals surface area contributed by atoms with E-state index in [0.29, 0.717) is 34.3 Å². The highest BCUT2D eigenvalue weighted by molar-refractivity contribution is 6.30. The number of imidazole rings is 1. The average molecular weight is 522 g/mol. The number of H-pyrrole nitrogens is 1. The molecule has 194 valence electrons. The molecule has 0 bridgehead atoms. The lowest BCUT2D eigenvalue weighted by Gasteiger charge is -2.30. The Balaban J connectivity index is 1.58. The summed E-state index contributed by atoms with van der Waals surface area (Å²) in [5, 5.41) is 4.41. The van der Waals surface area contributed by atoms with Crippen LogP contribution in [0.4, 0.5) is 5.95 Å². The molecule has 2 fully saturated rings. The first-order valence-electron chi connectivity index (χ1n) is 13.2. The molecule has 0 amide bonds. The molecule has 2 atom stereocenters. The molecule has 2 unspecified atom stereocenters. The molecule has 1 N–H and O–H groups in total. The molecule has 1 saturated carbocycles. The second-order valence-corrected chi connectivity index (χ2v) is 11.3. The minimum absolute atomic E-state index is 0.267. The van der Waals surface area contributed by atoms with Crippen LogP contribution in [-0.2, 0) is 6.54 Å². The van der Waals surface area contributed by atoms with E-state index in [9.17, 15) is 4.79 Å². The Bertz CT molecular complexity index is 1480. The standard InChI is InChI=1S/C27H32ClN7O2/c1-15-4-6-18(7-5-15)14-35-24-21(31-26(35)34-9-8-16(2)17(34)3)11-22(25-32-27(36)37-33-25)30-23(24)19-10-20(28)13-29-12-19/h10-13,15-18H,4-9,14H2,1-3H3,(H,32,33,36)/t15-,16?,17?,18-. The van der Waals surface area contributed by atoms with Gasteiger partial charge in [0, 0.05) is 37.1 Å². The third-order valence-electron chi connectivity index (χ3n) is 8.34. The molecule has 10 heteroatoms. The number of aromatic amines is 1. The molecule has 0 radical (unpaired) electrons. The fraction of sp³-hybridized carbons (Fsp3) is 0.519. The number of nitrogens with zero attached hydrogens (tertiary/aromatic N) is 6. The van der Waals surface area contributed by atoms with Gasteiger partial charge in [-0.15, -0.1) is 0 Å². The largest absolute Gasteiger partial charge is 0.439 e. The van der Waals surface area contributed by atoms with Gasteiger partial charge < -0.3 is 9.47 Å². The van der Waals surface area contributed by atoms with E-state index in [4.69, 9.17) is 26.1 Å². The molecule has 37 heavy (non-hydrogen) atoms. The molecule has 9 nitrogen and oxygen atoms in total. The summed E-state index contributed by atoms with van der Waals surface area (Å²) in [6, 6.07) is 4.14. The van der Waals surface area contributed by atoms with Crippen LogP contribution in [0.25, 0.3) is 33.8 Å². The number of nitrogens with one attached hydrogen (secondary N) is 1. The summed E-state index contributed by atoms with van der Waals surface area (Å²) in [5.41, 5.74) is 3.75. The molecular formula is C27H32ClN7O2. The van der Waals surface area contributed by atoms with Crippen molar-refractivity contribution in [2.45, 2.75) is 65.5 Å². The monoisotopic (exact) mass is 521 g/mol. The van der Waals surface area contributed by atoms with Gasteiger partial charge in [-0.25, -0.2) is 14.8 Å². The third-order valence-corrected chi connectivity index (χ3v) is 8.55. The molecule has 1 aliphatic heterocycles. The molecule has 4 aromatic rings. The maximum atomic E-state index is 11.7. The number of rotatable bonds is 5. The zero-order valence-corrected chi connectivity index (χ0v) is 22.2. The van der Waals surface area contributed by atoms with E-state index in [1.54, 1.807) is 12.4 Å². The van der Waals surface area contributed by atoms with Gasteiger partial charge in [-0.3, -0.25) is 14.5 Å². The first-order valence-corrected chi connectivity index (χ1v) is 13.6. The van der Waals surface area contributed by atoms with Gasteiger partial charge in [0.15, 0.2) is 0 Å². The van der Waals surface area contributed by atoms with Crippen LogP contribution in [0.5, 0.6) is 0 Å². The lowest BCUT2D eigenvalue weighted by Crippen LogP contribution is -2.32. The highest BCUT2D eigenvalue weighted by Crippen LogP contribution is 2.39. The van der Waals surface area contributed by atoms with Gasteiger partial charge in [-0.1, -0.05) is 43.4 Å². The Kier molecular flexibility index (Phi) is 6.26. The normalized spacial score (nSPS) is 24.3. The number of anilines is 1. The van der Waals surface area contributed by atoms with Crippen LogP contribution >= 0.6 is 11.6 Å². The van der Waals surface area contributed by atoms with E-state index in [-0.39, 0.29) is 5.82 Å². The summed E-state index contributed by atoms with van der Waals surface area (Å²) in [7, 11) is 0. The van der Waals surface area contributed by atoms with Crippen molar-refractivity contribution in [1.29, 1.82) is 0 Å². The molecule has 1 aliphatic carbocycles. The fourth-order valence-corrected chi connectivity index (χ4v) is 6.06. The van der Waals surface area contributed by atoms with Crippen molar-refractivity contribution in [3.05, 3.63) is 40.1 Å². The lowest BCUT2D eigenvalue weighted by molar-refractivity contribution is 0.266. The van der Waals surface area contributed by atoms with Crippen molar-refractivity contribution < 1.29 is 4.52 Å². The summed E-state index contributed by atoms with van der Waals surface area (Å²) in [6.45, 7) is 8.81. The van der Waals surface area contributed by atoms with E-state index in [1.807, 2.05) is 12.1 Å². The predicted octanol–water partition coefficient (Wildman–Crippen LogP) is 5.55. The number of hydrogen-bond donors (Lipinski definition) is 1. The van der Waals surface area contributed by atoms with Crippen LogP contribution in [-0.4, -0.2) is 42.2 Å². The van der Waals surface area contributed by atoms with E-state index in [1.165, 1.54) is 25.7 Å². The molecule has 2 aliphatic rings. The number of fused-ring (bicyclic) bond motifs is 1. The van der Waals surface area contributed by atoms with Crippen LogP contribution < -0.4 is 10.7 Å². The molecule has 1 saturated heterocycles. The van der Waals surface area contributed by atoms with Crippen molar-refractivity contribution in [3.8, 4) is 22.8 Å². The van der Waals surface area contributed by atoms with Crippen molar-refractivity contribution in [1.82, 2.24) is 29.7 Å². The molecule has 6 rings (SSSR count). The van der Waals surface area contributed by atoms with E-state index < -0.39 is 5.76 Å². The Morgan fingerprint density at radius 3 is 2.57 bits per heavy atom. The van der Waals surface area contributed by atoms with Crippen molar-refractivity contribution in [3.63, 3.8) is 0 Å². The predicted molar refractivity (Wildman–Crippen MR) is 144 cm³/mol. The summed E-state index contributed by atoms with van der Waals surface area (Å²) < 4.78 is 7.15. The number of halogens is 1. The lowest BCUT2D eigenvalue weighted by atomic mass is 9.83. The Hall–Kier alpha value is -3.20. The van der Waals surface area contributed by atoms with Crippen LogP contribution in [0.15, 0.2) is 33.8 Å². The summed E-state index contributed by atoms with van der Waals surface area (Å²) >= 11 is 6.36. The first-order chi connectivity index (χ1) is 17.9. The zero-order chi connectivity index (χ0) is 25.7. The van der Waals surface area contributed by atoms with Crippen LogP contribution in [0.2, 0.25) is 5.02 Å². The highest BCUT2D eigenvalue weighted by atomic mass is 35.5. The van der Waals surface area contributed by atoms with E-state index >= 15 is 0 Å². The number of aromatic nitrogens is 6. The molecular weight excluding hydrogens is 490 g/mol. The van der Waals surface area contributed by atoms with Crippen LogP contribution in [0, 0.1) is 17.8 Å². The SMILES string of the molecule is CC1CCN(c2nc3cc(-c4noc(=O)[nH]4)nc(-c4cncc(Cl)c4)c3n2C[C@H]2CC[C@H](C)CC2)C1C. The molecule has 0 spiro atoms. The van der Waals surface area contributed by atoms with Crippen LogP contribution in [0.1, 0.15) is 52.9 Å². The summed E-state index contributed by atoms with van der Waals surface area (Å²) in [6.07, 6.45) is 9.47. The molecule has 5 heterocycles. The van der Waals surface area contributed by atoms with Gasteiger partial charge in [0.25, 0.3) is 0 Å². The highest BCUT2D eigenvalue weighted by Gasteiger charge is 2.33. The first kappa shape index (κ1) is 24.2. The molecule has 0 aromatic carbocycles. The van der Waals surface area contributed by atoms with Gasteiger partial charge in [-0.2, -0.15) is 0 Å². The third kappa shape index (κ3) is 4.54. The maximum absolute atomic E-state index is 11.7. The van der Waals surface area contributed by atoms with E-state index in [0.717, 1.165) is 48.0 Å². The van der Waals surface area contributed by atoms with Crippen molar-refractivity contribution in [2.24, 2.45) is 17.8 Å². The van der Waals surface area contributed by atoms with Gasteiger partial charge in [0.2, 0.25) is 11.8 Å². The second kappa shape index (κ2) is 9.59. The minimum atomic E-state index is -0.625. The number of hydrogen-bond acceptors (Lipinski definition) is 7. The van der Waals surface area contributed by atoms with Crippen LogP contribution in [0.3, 0.4) is 0 Å². The molecule has 4 aromatic heterocycles. The van der Waals surface area contributed by atoms with Gasteiger partial charge in [0.05, 0.1) is 21.7 Å². The van der Waals surface area contributed by atoms with Crippen molar-refractivity contribution in [2.75, 3.05) is 11.4 Å². The average Bonchev–Trinajstić information content (AvgIpc) is 3.57. The smallest absolute Gasteiger partial charge is 0.339 e. The second-order valence-electron chi connectivity index (χ2n) is 10.9. The summed E-state index contributed by atoms with van der Waals surface area (Å²) in [5.74, 6) is 2.59. The summed E-state index contributed by atoms with van der Waals surface area (Å²) in [4.78, 5) is 31.3. The zero-order valence-electron chi connectivity index (χ0n) is 21.4. The quantitative estimate of drug-likeness (QED) is 0.367. The van der Waals surface area contributed by atoms with Crippen molar-refractivity contribution >= 4 is 28.6 Å². The van der Waals surface area contributed by atoms with Gasteiger partial charge in [0.1, 0.15) is 5.69 Å². The number of pyridine rings is 2. The fourth-order valence-electron chi connectivity index (χ4n) is 5.89. The topological polar surface area (TPSA) is 106 Å². The van der Waals surface area contributed by atoms with Gasteiger partial charge in [-0.05, 0) is 56.1 Å².